The maximum absolute atomic E-state index is 6.01. The van der Waals surface area contributed by atoms with Crippen molar-refractivity contribution < 1.29 is 9.47 Å². The van der Waals surface area contributed by atoms with Gasteiger partial charge in [0.15, 0.2) is 0 Å². The van der Waals surface area contributed by atoms with Crippen LogP contribution in [0.25, 0.3) is 0 Å². The summed E-state index contributed by atoms with van der Waals surface area (Å²) in [6.07, 6.45) is 2.21. The van der Waals surface area contributed by atoms with Crippen LogP contribution in [0, 0.1) is 0 Å². The molecule has 0 heterocycles. The molecule has 0 amide bonds. The minimum absolute atomic E-state index is 0.155. The molecule has 3 nitrogen and oxygen atoms in total. The van der Waals surface area contributed by atoms with Crippen molar-refractivity contribution in [3.05, 3.63) is 59.2 Å². The molecular formula is C23H33NO2. The predicted molar refractivity (Wildman–Crippen MR) is 109 cm³/mol. The number of aryl methyl sites for hydroxylation is 1. The molecule has 142 valence electrons. The lowest BCUT2D eigenvalue weighted by Crippen LogP contribution is -2.13. The first kappa shape index (κ1) is 20.3. The second-order valence-electron chi connectivity index (χ2n) is 8.12. The predicted octanol–water partition coefficient (Wildman–Crippen LogP) is 5.07. The summed E-state index contributed by atoms with van der Waals surface area (Å²) in [5.41, 5.74) is 3.89. The lowest BCUT2D eigenvalue weighted by molar-refractivity contribution is 0.296. The molecule has 0 fully saturated rings. The van der Waals surface area contributed by atoms with Crippen LogP contribution in [0.2, 0.25) is 0 Å². The maximum atomic E-state index is 6.01. The van der Waals surface area contributed by atoms with Crippen molar-refractivity contribution in [2.45, 2.75) is 45.6 Å². The van der Waals surface area contributed by atoms with Crippen molar-refractivity contribution >= 4 is 0 Å². The summed E-state index contributed by atoms with van der Waals surface area (Å²) < 4.78 is 11.5. The van der Waals surface area contributed by atoms with Gasteiger partial charge in [-0.3, -0.25) is 0 Å². The van der Waals surface area contributed by atoms with Crippen LogP contribution in [0.4, 0.5) is 0 Å². The zero-order chi connectivity index (χ0) is 19.2. The largest absolute Gasteiger partial charge is 0.496 e. The normalized spacial score (nSPS) is 11.7. The summed E-state index contributed by atoms with van der Waals surface area (Å²) in [5, 5.41) is 0. The van der Waals surface area contributed by atoms with E-state index in [1.807, 2.05) is 18.2 Å². The Hall–Kier alpha value is -2.00. The van der Waals surface area contributed by atoms with Crippen LogP contribution in [-0.2, 0) is 18.4 Å². The SMILES string of the molecule is COc1ccc(CCCN(C)C)cc1COc1ccc(C(C)(C)C)cc1. The molecule has 0 saturated carbocycles. The Morgan fingerprint density at radius 3 is 2.23 bits per heavy atom. The Balaban J connectivity index is 2.03. The van der Waals surface area contributed by atoms with E-state index in [4.69, 9.17) is 9.47 Å². The third-order valence-corrected chi connectivity index (χ3v) is 4.53. The van der Waals surface area contributed by atoms with Gasteiger partial charge in [0.05, 0.1) is 7.11 Å². The fourth-order valence-corrected chi connectivity index (χ4v) is 2.91. The number of hydrogen-bond acceptors (Lipinski definition) is 3. The van der Waals surface area contributed by atoms with Crippen LogP contribution in [0.1, 0.15) is 43.9 Å². The monoisotopic (exact) mass is 355 g/mol. The van der Waals surface area contributed by atoms with E-state index < -0.39 is 0 Å². The van der Waals surface area contributed by atoms with Gasteiger partial charge in [-0.2, -0.15) is 0 Å². The van der Waals surface area contributed by atoms with Crippen molar-refractivity contribution in [2.75, 3.05) is 27.7 Å². The Morgan fingerprint density at radius 2 is 1.65 bits per heavy atom. The van der Waals surface area contributed by atoms with E-state index in [-0.39, 0.29) is 5.41 Å². The summed E-state index contributed by atoms with van der Waals surface area (Å²) in [6, 6.07) is 14.8. The van der Waals surface area contributed by atoms with Gasteiger partial charge >= 0.3 is 0 Å². The fourth-order valence-electron chi connectivity index (χ4n) is 2.91. The summed E-state index contributed by atoms with van der Waals surface area (Å²) in [7, 11) is 5.93. The van der Waals surface area contributed by atoms with Gasteiger partial charge in [-0.1, -0.05) is 39.0 Å². The van der Waals surface area contributed by atoms with Crippen LogP contribution in [0.5, 0.6) is 11.5 Å². The highest BCUT2D eigenvalue weighted by atomic mass is 16.5. The van der Waals surface area contributed by atoms with Crippen molar-refractivity contribution in [3.8, 4) is 11.5 Å². The quantitative estimate of drug-likeness (QED) is 0.660. The Bertz CT molecular complexity index is 684. The van der Waals surface area contributed by atoms with E-state index in [1.165, 1.54) is 11.1 Å². The topological polar surface area (TPSA) is 21.7 Å². The van der Waals surface area contributed by atoms with Crippen LogP contribution in [0.15, 0.2) is 42.5 Å². The second-order valence-corrected chi connectivity index (χ2v) is 8.12. The number of nitrogens with zero attached hydrogens (tertiary/aromatic N) is 1. The number of rotatable bonds is 8. The third-order valence-electron chi connectivity index (χ3n) is 4.53. The van der Waals surface area contributed by atoms with Crippen molar-refractivity contribution in [3.63, 3.8) is 0 Å². The molecule has 2 rings (SSSR count). The average molecular weight is 356 g/mol. The highest BCUT2D eigenvalue weighted by molar-refractivity contribution is 5.38. The van der Waals surface area contributed by atoms with Gasteiger partial charge < -0.3 is 14.4 Å². The first-order valence-electron chi connectivity index (χ1n) is 9.33. The highest BCUT2D eigenvalue weighted by Crippen LogP contribution is 2.26. The molecule has 2 aromatic rings. The number of benzene rings is 2. The summed E-state index contributed by atoms with van der Waals surface area (Å²) in [6.45, 7) is 8.26. The van der Waals surface area contributed by atoms with Gasteiger partial charge in [-0.05, 0) is 74.3 Å². The lowest BCUT2D eigenvalue weighted by atomic mass is 9.87. The number of hydrogen-bond donors (Lipinski definition) is 0. The lowest BCUT2D eigenvalue weighted by Gasteiger charge is -2.19. The second kappa shape index (κ2) is 9.09. The first-order valence-corrected chi connectivity index (χ1v) is 9.33. The van der Waals surface area contributed by atoms with E-state index in [2.05, 4.69) is 64.0 Å². The Labute approximate surface area is 158 Å². The average Bonchev–Trinajstić information content (AvgIpc) is 2.59. The Kier molecular flexibility index (Phi) is 7.10. The first-order chi connectivity index (χ1) is 12.3. The molecule has 0 aliphatic carbocycles. The van der Waals surface area contributed by atoms with E-state index in [0.717, 1.165) is 36.4 Å². The zero-order valence-electron chi connectivity index (χ0n) is 17.1. The molecule has 0 spiro atoms. The molecule has 0 aliphatic heterocycles. The van der Waals surface area contributed by atoms with Crippen LogP contribution in [-0.4, -0.2) is 32.6 Å². The molecule has 0 atom stereocenters. The molecule has 0 aromatic heterocycles. The highest BCUT2D eigenvalue weighted by Gasteiger charge is 2.13. The van der Waals surface area contributed by atoms with E-state index in [1.54, 1.807) is 7.11 Å². The molecule has 3 heteroatoms. The van der Waals surface area contributed by atoms with Crippen LogP contribution >= 0.6 is 0 Å². The number of methoxy groups -OCH3 is 1. The van der Waals surface area contributed by atoms with Gasteiger partial charge in [-0.15, -0.1) is 0 Å². The molecular weight excluding hydrogens is 322 g/mol. The van der Waals surface area contributed by atoms with Crippen LogP contribution < -0.4 is 9.47 Å². The summed E-state index contributed by atoms with van der Waals surface area (Å²) >= 11 is 0. The van der Waals surface area contributed by atoms with Gasteiger partial charge in [0.1, 0.15) is 18.1 Å². The summed E-state index contributed by atoms with van der Waals surface area (Å²) in [5.74, 6) is 1.77. The van der Waals surface area contributed by atoms with Gasteiger partial charge in [0.25, 0.3) is 0 Å². The van der Waals surface area contributed by atoms with E-state index in [9.17, 15) is 0 Å². The molecule has 2 aromatic carbocycles. The third kappa shape index (κ3) is 6.06. The van der Waals surface area contributed by atoms with Gasteiger partial charge in [-0.25, -0.2) is 0 Å². The molecule has 0 bridgehead atoms. The fraction of sp³-hybridized carbons (Fsp3) is 0.478. The molecule has 0 aliphatic rings. The molecule has 0 N–H and O–H groups in total. The standard InChI is InChI=1S/C23H33NO2/c1-23(2,3)20-10-12-21(13-11-20)26-17-19-16-18(8-7-15-24(4)5)9-14-22(19)25-6/h9-14,16H,7-8,15,17H2,1-6H3. The minimum atomic E-state index is 0.155. The van der Waals surface area contributed by atoms with Gasteiger partial charge in [0.2, 0.25) is 0 Å². The van der Waals surface area contributed by atoms with Crippen LogP contribution in [0.3, 0.4) is 0 Å². The van der Waals surface area contributed by atoms with Gasteiger partial charge in [0, 0.05) is 5.56 Å². The van der Waals surface area contributed by atoms with Crippen molar-refractivity contribution in [1.82, 2.24) is 4.90 Å². The molecule has 0 radical (unpaired) electrons. The van der Waals surface area contributed by atoms with Crippen molar-refractivity contribution in [1.29, 1.82) is 0 Å². The molecule has 0 unspecified atom stereocenters. The van der Waals surface area contributed by atoms with E-state index in [0.29, 0.717) is 6.61 Å². The maximum Gasteiger partial charge on any atom is 0.125 e. The minimum Gasteiger partial charge on any atom is -0.496 e. The zero-order valence-corrected chi connectivity index (χ0v) is 17.1. The summed E-state index contributed by atoms with van der Waals surface area (Å²) in [4.78, 5) is 2.22. The Morgan fingerprint density at radius 1 is 0.962 bits per heavy atom. The molecule has 0 saturated heterocycles. The molecule has 26 heavy (non-hydrogen) atoms. The number of ether oxygens (including phenoxy) is 2. The van der Waals surface area contributed by atoms with E-state index >= 15 is 0 Å². The van der Waals surface area contributed by atoms with Crippen molar-refractivity contribution in [2.24, 2.45) is 0 Å². The smallest absolute Gasteiger partial charge is 0.125 e.